The number of carbonyl (C=O) groups is 1. The first kappa shape index (κ1) is 15.2. The Balaban J connectivity index is 1.51. The van der Waals surface area contributed by atoms with E-state index >= 15 is 0 Å². The normalized spacial score (nSPS) is 17.6. The first-order chi connectivity index (χ1) is 11.8. The average molecular weight is 321 g/mol. The van der Waals surface area contributed by atoms with Crippen molar-refractivity contribution in [3.05, 3.63) is 53.9 Å². The average Bonchev–Trinajstić information content (AvgIpc) is 3.14. The molecule has 1 N–H and O–H groups in total. The Bertz CT molecular complexity index is 720. The Morgan fingerprint density at radius 1 is 1.08 bits per heavy atom. The molecule has 1 aromatic heterocycles. The number of hydrogen-bond donors (Lipinski definition) is 1. The van der Waals surface area contributed by atoms with E-state index in [4.69, 9.17) is 0 Å². The number of hydrogen-bond acceptors (Lipinski definition) is 3. The summed E-state index contributed by atoms with van der Waals surface area (Å²) in [5, 5.41) is 3.09. The Kier molecular flexibility index (Phi) is 4.20. The molecule has 0 saturated heterocycles. The zero-order valence-corrected chi connectivity index (χ0v) is 13.9. The number of pyridine rings is 1. The van der Waals surface area contributed by atoms with E-state index in [1.165, 1.54) is 24.1 Å². The first-order valence-electron chi connectivity index (χ1n) is 8.93. The van der Waals surface area contributed by atoms with E-state index in [0.717, 1.165) is 37.9 Å². The molecule has 0 spiro atoms. The van der Waals surface area contributed by atoms with Crippen molar-refractivity contribution < 1.29 is 4.79 Å². The van der Waals surface area contributed by atoms with Crippen molar-refractivity contribution in [1.29, 1.82) is 0 Å². The molecule has 4 nitrogen and oxygen atoms in total. The van der Waals surface area contributed by atoms with Gasteiger partial charge in [-0.05, 0) is 49.4 Å². The highest BCUT2D eigenvalue weighted by atomic mass is 16.1. The SMILES string of the molecule is O=C(NC1CCCC1)c1ccc(N2CCCc3ccccc32)cn1. The lowest BCUT2D eigenvalue weighted by Gasteiger charge is -2.31. The fourth-order valence-electron chi connectivity index (χ4n) is 3.81. The van der Waals surface area contributed by atoms with Crippen LogP contribution in [0.4, 0.5) is 11.4 Å². The summed E-state index contributed by atoms with van der Waals surface area (Å²) in [5.41, 5.74) is 4.20. The van der Waals surface area contributed by atoms with Gasteiger partial charge in [0, 0.05) is 18.3 Å². The van der Waals surface area contributed by atoms with Crippen molar-refractivity contribution in [2.75, 3.05) is 11.4 Å². The molecule has 24 heavy (non-hydrogen) atoms. The molecule has 2 aromatic rings. The standard InChI is InChI=1S/C20H23N3O/c24-20(22-16-8-2-3-9-16)18-12-11-17(14-21-18)23-13-5-7-15-6-1-4-10-19(15)23/h1,4,6,10-12,14,16H,2-3,5,7-9,13H2,(H,22,24). The summed E-state index contributed by atoms with van der Waals surface area (Å²) in [5.74, 6) is -0.0486. The number of nitrogens with zero attached hydrogens (tertiary/aromatic N) is 2. The second-order valence-corrected chi connectivity index (χ2v) is 6.74. The largest absolute Gasteiger partial charge is 0.348 e. The maximum atomic E-state index is 12.3. The van der Waals surface area contributed by atoms with Crippen molar-refractivity contribution in [3.63, 3.8) is 0 Å². The lowest BCUT2D eigenvalue weighted by molar-refractivity contribution is 0.0933. The van der Waals surface area contributed by atoms with Gasteiger partial charge in [0.15, 0.2) is 0 Å². The van der Waals surface area contributed by atoms with Crippen molar-refractivity contribution in [3.8, 4) is 0 Å². The quantitative estimate of drug-likeness (QED) is 0.934. The molecule has 4 heteroatoms. The second kappa shape index (κ2) is 6.63. The fourth-order valence-corrected chi connectivity index (χ4v) is 3.81. The summed E-state index contributed by atoms with van der Waals surface area (Å²) in [4.78, 5) is 19.0. The number of amides is 1. The molecule has 2 aliphatic rings. The maximum absolute atomic E-state index is 12.3. The van der Waals surface area contributed by atoms with Crippen LogP contribution in [0.3, 0.4) is 0 Å². The van der Waals surface area contributed by atoms with E-state index in [0.29, 0.717) is 11.7 Å². The summed E-state index contributed by atoms with van der Waals surface area (Å²) >= 11 is 0. The van der Waals surface area contributed by atoms with Gasteiger partial charge in [-0.25, -0.2) is 4.98 Å². The van der Waals surface area contributed by atoms with Crippen LogP contribution in [0.2, 0.25) is 0 Å². The number of carbonyl (C=O) groups excluding carboxylic acids is 1. The van der Waals surface area contributed by atoms with E-state index in [1.54, 1.807) is 0 Å². The molecule has 0 atom stereocenters. The minimum atomic E-state index is -0.0486. The Labute approximate surface area is 142 Å². The van der Waals surface area contributed by atoms with Crippen LogP contribution in [0.25, 0.3) is 0 Å². The third kappa shape index (κ3) is 3.01. The van der Waals surface area contributed by atoms with E-state index < -0.39 is 0 Å². The minimum absolute atomic E-state index is 0.0486. The summed E-state index contributed by atoms with van der Waals surface area (Å²) in [6.07, 6.45) is 8.70. The van der Waals surface area contributed by atoms with Crippen LogP contribution in [0, 0.1) is 0 Å². The first-order valence-corrected chi connectivity index (χ1v) is 8.93. The fraction of sp³-hybridized carbons (Fsp3) is 0.400. The van der Waals surface area contributed by atoms with Crippen LogP contribution in [0.15, 0.2) is 42.6 Å². The maximum Gasteiger partial charge on any atom is 0.270 e. The van der Waals surface area contributed by atoms with Gasteiger partial charge in [-0.2, -0.15) is 0 Å². The number of benzene rings is 1. The summed E-state index contributed by atoms with van der Waals surface area (Å²) in [7, 11) is 0. The number of fused-ring (bicyclic) bond motifs is 1. The topological polar surface area (TPSA) is 45.2 Å². The zero-order valence-electron chi connectivity index (χ0n) is 13.9. The van der Waals surface area contributed by atoms with Gasteiger partial charge in [0.25, 0.3) is 5.91 Å². The van der Waals surface area contributed by atoms with Crippen LogP contribution in [-0.4, -0.2) is 23.5 Å². The molecular formula is C20H23N3O. The van der Waals surface area contributed by atoms with Gasteiger partial charge in [0.2, 0.25) is 0 Å². The predicted molar refractivity (Wildman–Crippen MR) is 95.7 cm³/mol. The van der Waals surface area contributed by atoms with Gasteiger partial charge in [-0.3, -0.25) is 4.79 Å². The van der Waals surface area contributed by atoms with Gasteiger partial charge in [0.1, 0.15) is 5.69 Å². The molecule has 1 aliphatic heterocycles. The van der Waals surface area contributed by atoms with E-state index in [2.05, 4.69) is 39.5 Å². The van der Waals surface area contributed by atoms with Crippen molar-refractivity contribution in [2.45, 2.75) is 44.6 Å². The number of aromatic nitrogens is 1. The molecular weight excluding hydrogens is 298 g/mol. The van der Waals surface area contributed by atoms with E-state index in [1.807, 2.05) is 18.3 Å². The molecule has 0 bridgehead atoms. The van der Waals surface area contributed by atoms with E-state index in [-0.39, 0.29) is 5.91 Å². The van der Waals surface area contributed by atoms with Crippen LogP contribution >= 0.6 is 0 Å². The molecule has 1 saturated carbocycles. The number of anilines is 2. The van der Waals surface area contributed by atoms with Crippen molar-refractivity contribution in [1.82, 2.24) is 10.3 Å². The summed E-state index contributed by atoms with van der Waals surface area (Å²) in [6.45, 7) is 0.992. The molecule has 1 aromatic carbocycles. The third-order valence-electron chi connectivity index (χ3n) is 5.09. The highest BCUT2D eigenvalue weighted by Crippen LogP contribution is 2.32. The van der Waals surface area contributed by atoms with Crippen LogP contribution < -0.4 is 10.2 Å². The van der Waals surface area contributed by atoms with Crippen molar-refractivity contribution >= 4 is 17.3 Å². The van der Waals surface area contributed by atoms with Gasteiger partial charge in [0.05, 0.1) is 11.9 Å². The highest BCUT2D eigenvalue weighted by Gasteiger charge is 2.20. The Morgan fingerprint density at radius 3 is 2.71 bits per heavy atom. The molecule has 0 unspecified atom stereocenters. The number of rotatable bonds is 3. The van der Waals surface area contributed by atoms with Crippen LogP contribution in [-0.2, 0) is 6.42 Å². The smallest absolute Gasteiger partial charge is 0.270 e. The van der Waals surface area contributed by atoms with E-state index in [9.17, 15) is 4.79 Å². The molecule has 2 heterocycles. The van der Waals surface area contributed by atoms with Gasteiger partial charge in [-0.1, -0.05) is 31.0 Å². The Hall–Kier alpha value is -2.36. The second-order valence-electron chi connectivity index (χ2n) is 6.74. The summed E-state index contributed by atoms with van der Waals surface area (Å²) in [6, 6.07) is 12.7. The van der Waals surface area contributed by atoms with Crippen molar-refractivity contribution in [2.24, 2.45) is 0 Å². The monoisotopic (exact) mass is 321 g/mol. The molecule has 1 fully saturated rings. The predicted octanol–water partition coefficient (Wildman–Crippen LogP) is 3.84. The molecule has 124 valence electrons. The molecule has 1 amide bonds. The minimum Gasteiger partial charge on any atom is -0.348 e. The van der Waals surface area contributed by atoms with Gasteiger partial charge in [-0.15, -0.1) is 0 Å². The van der Waals surface area contributed by atoms with Crippen LogP contribution in [0.1, 0.15) is 48.2 Å². The van der Waals surface area contributed by atoms with Gasteiger partial charge < -0.3 is 10.2 Å². The molecule has 4 rings (SSSR count). The zero-order chi connectivity index (χ0) is 16.4. The molecule has 1 aliphatic carbocycles. The number of aryl methyl sites for hydroxylation is 1. The lowest BCUT2D eigenvalue weighted by Crippen LogP contribution is -2.33. The van der Waals surface area contributed by atoms with Crippen LogP contribution in [0.5, 0.6) is 0 Å². The van der Waals surface area contributed by atoms with Gasteiger partial charge >= 0.3 is 0 Å². The third-order valence-corrected chi connectivity index (χ3v) is 5.09. The Morgan fingerprint density at radius 2 is 1.92 bits per heavy atom. The number of nitrogens with one attached hydrogen (secondary N) is 1. The molecule has 0 radical (unpaired) electrons. The highest BCUT2D eigenvalue weighted by molar-refractivity contribution is 5.92. The summed E-state index contributed by atoms with van der Waals surface area (Å²) < 4.78 is 0. The number of para-hydroxylation sites is 1. The lowest BCUT2D eigenvalue weighted by atomic mass is 10.0.